The molecular formula is C23H17F5N6O3. The largest absolute Gasteiger partial charge is 0.465 e. The van der Waals surface area contributed by atoms with Crippen molar-refractivity contribution >= 4 is 22.9 Å². The molecule has 192 valence electrons. The van der Waals surface area contributed by atoms with Crippen molar-refractivity contribution in [3.63, 3.8) is 0 Å². The number of halogens is 5. The van der Waals surface area contributed by atoms with E-state index in [1.807, 2.05) is 0 Å². The summed E-state index contributed by atoms with van der Waals surface area (Å²) in [6.07, 6.45) is 1.62. The van der Waals surface area contributed by atoms with Crippen LogP contribution in [-0.2, 0) is 0 Å². The Hall–Kier alpha value is -4.49. The molecule has 37 heavy (non-hydrogen) atoms. The Bertz CT molecular complexity index is 1520. The predicted molar refractivity (Wildman–Crippen MR) is 119 cm³/mol. The molecule has 5 rings (SSSR count). The van der Waals surface area contributed by atoms with E-state index in [1.165, 1.54) is 17.1 Å². The summed E-state index contributed by atoms with van der Waals surface area (Å²) in [4.78, 5) is 19.2. The molecule has 1 aliphatic rings. The van der Waals surface area contributed by atoms with Gasteiger partial charge in [0.05, 0.1) is 11.4 Å². The van der Waals surface area contributed by atoms with Gasteiger partial charge in [-0.15, -0.1) is 0 Å². The lowest BCUT2D eigenvalue weighted by Crippen LogP contribution is -2.31. The molecular weight excluding hydrogens is 503 g/mol. The van der Waals surface area contributed by atoms with E-state index in [0.717, 1.165) is 12.1 Å². The number of fused-ring (bicyclic) bond motifs is 1. The number of anilines is 1. The smallest absolute Gasteiger partial charge is 0.404 e. The standard InChI is InChI=1S/C23H17F5N6O3/c24-13-6-11(37-20-17(27)14(25)7-15(26)18(20)28)3-4-12(13)19-16-21(29)30-8-31-22(16)34(33-19)10-2-1-9(5-10)32-23(35)36/h3-4,6-10,32H,1-2,5H2,(H,35,36)(H2,29,30,31)/t9?,10-/m1/s1. The number of nitrogen functional groups attached to an aromatic ring is 1. The monoisotopic (exact) mass is 520 g/mol. The van der Waals surface area contributed by atoms with Crippen LogP contribution in [0.25, 0.3) is 22.3 Å². The Morgan fingerprint density at radius 3 is 2.46 bits per heavy atom. The van der Waals surface area contributed by atoms with Gasteiger partial charge in [0.1, 0.15) is 29.4 Å². The van der Waals surface area contributed by atoms with E-state index in [9.17, 15) is 22.4 Å². The molecule has 4 N–H and O–H groups in total. The van der Waals surface area contributed by atoms with Crippen LogP contribution in [0.5, 0.6) is 11.5 Å². The normalized spacial score (nSPS) is 17.3. The summed E-state index contributed by atoms with van der Waals surface area (Å²) in [5.74, 6) is -9.61. The van der Waals surface area contributed by atoms with Gasteiger partial charge in [-0.3, -0.25) is 0 Å². The minimum Gasteiger partial charge on any atom is -0.465 e. The molecule has 1 fully saturated rings. The molecule has 2 aromatic heterocycles. The SMILES string of the molecule is Nc1ncnc2c1c(-c1ccc(Oc3c(F)c(F)cc(F)c3F)cc1F)nn2[C@@H]1CCC(NC(=O)O)C1. The third kappa shape index (κ3) is 4.34. The summed E-state index contributed by atoms with van der Waals surface area (Å²) in [6.45, 7) is 0. The van der Waals surface area contributed by atoms with Crippen LogP contribution in [0.1, 0.15) is 25.3 Å². The molecule has 2 aromatic carbocycles. The Labute approximate surface area is 204 Å². The fourth-order valence-electron chi connectivity index (χ4n) is 4.43. The van der Waals surface area contributed by atoms with Gasteiger partial charge in [-0.1, -0.05) is 0 Å². The van der Waals surface area contributed by atoms with E-state index >= 15 is 4.39 Å². The Morgan fingerprint density at radius 2 is 1.78 bits per heavy atom. The summed E-state index contributed by atoms with van der Waals surface area (Å²) >= 11 is 0. The maximum absolute atomic E-state index is 15.2. The van der Waals surface area contributed by atoms with Crippen molar-refractivity contribution in [2.75, 3.05) is 5.73 Å². The maximum atomic E-state index is 15.2. The zero-order chi connectivity index (χ0) is 26.4. The number of aromatic nitrogens is 4. The third-order valence-electron chi connectivity index (χ3n) is 6.08. The van der Waals surface area contributed by atoms with E-state index in [-0.39, 0.29) is 40.6 Å². The molecule has 1 amide bonds. The lowest BCUT2D eigenvalue weighted by atomic mass is 10.1. The second-order valence-corrected chi connectivity index (χ2v) is 8.40. The first-order valence-corrected chi connectivity index (χ1v) is 10.9. The number of nitrogens with one attached hydrogen (secondary N) is 1. The number of hydrogen-bond acceptors (Lipinski definition) is 6. The number of amides is 1. The summed E-state index contributed by atoms with van der Waals surface area (Å²) in [5.41, 5.74) is 6.34. The minimum absolute atomic E-state index is 0.0172. The van der Waals surface area contributed by atoms with Crippen LogP contribution in [-0.4, -0.2) is 37.0 Å². The average Bonchev–Trinajstić information content (AvgIpc) is 3.45. The van der Waals surface area contributed by atoms with E-state index in [4.69, 9.17) is 15.6 Å². The average molecular weight is 520 g/mol. The number of nitrogens with two attached hydrogens (primary N) is 1. The van der Waals surface area contributed by atoms with Crippen molar-refractivity contribution in [2.24, 2.45) is 0 Å². The van der Waals surface area contributed by atoms with Crippen molar-refractivity contribution in [3.8, 4) is 22.8 Å². The molecule has 14 heteroatoms. The number of carbonyl (C=O) groups is 1. The van der Waals surface area contributed by atoms with E-state index < -0.39 is 46.7 Å². The highest BCUT2D eigenvalue weighted by molar-refractivity contribution is 5.98. The second kappa shape index (κ2) is 9.19. The fourth-order valence-corrected chi connectivity index (χ4v) is 4.43. The van der Waals surface area contributed by atoms with Crippen molar-refractivity contribution in [1.29, 1.82) is 0 Å². The Balaban J connectivity index is 1.52. The van der Waals surface area contributed by atoms with Gasteiger partial charge in [0.25, 0.3) is 0 Å². The summed E-state index contributed by atoms with van der Waals surface area (Å²) in [6, 6.07) is 2.56. The van der Waals surface area contributed by atoms with Crippen molar-refractivity contribution in [2.45, 2.75) is 31.3 Å². The topological polar surface area (TPSA) is 128 Å². The quantitative estimate of drug-likeness (QED) is 0.252. The highest BCUT2D eigenvalue weighted by Gasteiger charge is 2.31. The first kappa shape index (κ1) is 24.2. The lowest BCUT2D eigenvalue weighted by molar-refractivity contribution is 0.189. The molecule has 4 aromatic rings. The highest BCUT2D eigenvalue weighted by atomic mass is 19.2. The van der Waals surface area contributed by atoms with Crippen molar-refractivity contribution in [1.82, 2.24) is 25.1 Å². The minimum atomic E-state index is -1.77. The first-order chi connectivity index (χ1) is 17.6. The van der Waals surface area contributed by atoms with Gasteiger partial charge in [-0.05, 0) is 31.4 Å². The molecule has 9 nitrogen and oxygen atoms in total. The zero-order valence-electron chi connectivity index (χ0n) is 18.7. The van der Waals surface area contributed by atoms with Crippen molar-refractivity contribution in [3.05, 3.63) is 59.7 Å². The molecule has 0 bridgehead atoms. The van der Waals surface area contributed by atoms with Gasteiger partial charge < -0.3 is 20.9 Å². The third-order valence-corrected chi connectivity index (χ3v) is 6.08. The van der Waals surface area contributed by atoms with E-state index in [1.54, 1.807) is 0 Å². The van der Waals surface area contributed by atoms with Crippen LogP contribution in [0.15, 0.2) is 30.6 Å². The van der Waals surface area contributed by atoms with Gasteiger partial charge in [-0.2, -0.15) is 13.9 Å². The summed E-state index contributed by atoms with van der Waals surface area (Å²) < 4.78 is 76.6. The molecule has 1 saturated carbocycles. The summed E-state index contributed by atoms with van der Waals surface area (Å²) in [7, 11) is 0. The molecule has 2 heterocycles. The number of ether oxygens (including phenoxy) is 1. The number of carboxylic acid groups (broad SMARTS) is 1. The van der Waals surface area contributed by atoms with Crippen molar-refractivity contribution < 1.29 is 36.6 Å². The molecule has 0 aliphatic heterocycles. The maximum Gasteiger partial charge on any atom is 0.404 e. The molecule has 1 aliphatic carbocycles. The van der Waals surface area contributed by atoms with E-state index in [2.05, 4.69) is 20.4 Å². The van der Waals surface area contributed by atoms with Crippen LogP contribution in [0.2, 0.25) is 0 Å². The molecule has 1 unspecified atom stereocenters. The molecule has 0 radical (unpaired) electrons. The second-order valence-electron chi connectivity index (χ2n) is 8.40. The van der Waals surface area contributed by atoms with Gasteiger partial charge in [0.15, 0.2) is 17.3 Å². The molecule has 0 spiro atoms. The van der Waals surface area contributed by atoms with Gasteiger partial charge in [0, 0.05) is 23.7 Å². The highest BCUT2D eigenvalue weighted by Crippen LogP contribution is 2.39. The number of rotatable bonds is 5. The predicted octanol–water partition coefficient (Wildman–Crippen LogP) is 4.92. The van der Waals surface area contributed by atoms with E-state index in [0.29, 0.717) is 24.9 Å². The van der Waals surface area contributed by atoms with Crippen LogP contribution in [0, 0.1) is 29.1 Å². The zero-order valence-corrected chi connectivity index (χ0v) is 18.7. The summed E-state index contributed by atoms with van der Waals surface area (Å²) in [5, 5.41) is 16.2. The number of hydrogen-bond donors (Lipinski definition) is 3. The van der Waals surface area contributed by atoms with Crippen LogP contribution in [0.3, 0.4) is 0 Å². The Morgan fingerprint density at radius 1 is 1.05 bits per heavy atom. The lowest BCUT2D eigenvalue weighted by Gasteiger charge is -2.12. The van der Waals surface area contributed by atoms with Crippen LogP contribution >= 0.6 is 0 Å². The van der Waals surface area contributed by atoms with Gasteiger partial charge in [0.2, 0.25) is 17.4 Å². The van der Waals surface area contributed by atoms with Crippen LogP contribution in [0.4, 0.5) is 32.6 Å². The Kier molecular flexibility index (Phi) is 6.01. The number of nitrogens with zero attached hydrogens (tertiary/aromatic N) is 4. The molecule has 2 atom stereocenters. The molecule has 0 saturated heterocycles. The first-order valence-electron chi connectivity index (χ1n) is 10.9. The van der Waals surface area contributed by atoms with Gasteiger partial charge in [-0.25, -0.2) is 32.6 Å². The van der Waals surface area contributed by atoms with Gasteiger partial charge >= 0.3 is 6.09 Å². The number of benzene rings is 2. The van der Waals surface area contributed by atoms with Crippen LogP contribution < -0.4 is 15.8 Å². The fraction of sp³-hybridized carbons (Fsp3) is 0.217.